The minimum absolute atomic E-state index is 0.0941. The molecule has 116 valence electrons. The average Bonchev–Trinajstić information content (AvgIpc) is 2.90. The minimum atomic E-state index is -0.652. The number of hydrogen-bond acceptors (Lipinski definition) is 6. The van der Waals surface area contributed by atoms with Crippen LogP contribution in [0.3, 0.4) is 0 Å². The molecule has 0 aliphatic heterocycles. The van der Waals surface area contributed by atoms with Crippen LogP contribution in [0.2, 0.25) is 0 Å². The van der Waals surface area contributed by atoms with Crippen molar-refractivity contribution in [3.05, 3.63) is 44.3 Å². The molecule has 0 unspecified atom stereocenters. The Labute approximate surface area is 126 Å². The summed E-state index contributed by atoms with van der Waals surface area (Å²) in [6.45, 7) is 6.02. The molecule has 2 aromatic rings. The van der Waals surface area contributed by atoms with Crippen LogP contribution in [0.4, 0.5) is 0 Å². The van der Waals surface area contributed by atoms with E-state index in [-0.39, 0.29) is 18.0 Å². The monoisotopic (exact) mass is 303 g/mol. The first kappa shape index (κ1) is 15.7. The topological polar surface area (TPSA) is 107 Å². The van der Waals surface area contributed by atoms with E-state index in [2.05, 4.69) is 10.1 Å². The molecular weight excluding hydrogens is 286 g/mol. The molecule has 0 amide bonds. The van der Waals surface area contributed by atoms with E-state index in [0.717, 1.165) is 4.57 Å². The first-order valence-corrected chi connectivity index (χ1v) is 7.02. The van der Waals surface area contributed by atoms with Crippen molar-refractivity contribution in [3.8, 4) is 6.07 Å². The second-order valence-corrected chi connectivity index (χ2v) is 5.32. The first-order valence-electron chi connectivity index (χ1n) is 7.02. The SMILES string of the molecule is CCn1cc(C#N)c(=O)n(Cc2nc(CC(C)C)no2)c1=O. The minimum Gasteiger partial charge on any atom is -0.337 e. The summed E-state index contributed by atoms with van der Waals surface area (Å²) >= 11 is 0. The fraction of sp³-hybridized carbons (Fsp3) is 0.500. The van der Waals surface area contributed by atoms with Crippen molar-refractivity contribution in [2.24, 2.45) is 5.92 Å². The van der Waals surface area contributed by atoms with Gasteiger partial charge in [0.2, 0.25) is 5.89 Å². The van der Waals surface area contributed by atoms with E-state index in [4.69, 9.17) is 9.78 Å². The van der Waals surface area contributed by atoms with Crippen LogP contribution in [-0.4, -0.2) is 19.3 Å². The lowest BCUT2D eigenvalue weighted by Crippen LogP contribution is -2.41. The second-order valence-electron chi connectivity index (χ2n) is 5.32. The maximum Gasteiger partial charge on any atom is 0.331 e. The molecule has 2 aromatic heterocycles. The van der Waals surface area contributed by atoms with Crippen LogP contribution in [-0.2, 0) is 19.5 Å². The molecule has 22 heavy (non-hydrogen) atoms. The number of nitriles is 1. The predicted octanol–water partition coefficient (Wildman–Crippen LogP) is 0.531. The molecule has 2 heterocycles. The van der Waals surface area contributed by atoms with Crippen molar-refractivity contribution in [3.63, 3.8) is 0 Å². The van der Waals surface area contributed by atoms with Crippen LogP contribution >= 0.6 is 0 Å². The maximum absolute atomic E-state index is 12.2. The molecule has 0 N–H and O–H groups in total. The van der Waals surface area contributed by atoms with E-state index >= 15 is 0 Å². The van der Waals surface area contributed by atoms with E-state index in [0.29, 0.717) is 24.7 Å². The lowest BCUT2D eigenvalue weighted by atomic mass is 10.1. The normalized spacial score (nSPS) is 10.9. The van der Waals surface area contributed by atoms with Crippen molar-refractivity contribution in [1.29, 1.82) is 5.26 Å². The maximum atomic E-state index is 12.2. The molecule has 0 saturated carbocycles. The van der Waals surface area contributed by atoms with Gasteiger partial charge in [0.25, 0.3) is 5.56 Å². The fourth-order valence-corrected chi connectivity index (χ4v) is 2.03. The van der Waals surface area contributed by atoms with Gasteiger partial charge in [0, 0.05) is 19.2 Å². The van der Waals surface area contributed by atoms with Crippen LogP contribution in [0.25, 0.3) is 0 Å². The Kier molecular flexibility index (Phi) is 4.56. The van der Waals surface area contributed by atoms with Gasteiger partial charge in [0.15, 0.2) is 5.82 Å². The highest BCUT2D eigenvalue weighted by Crippen LogP contribution is 2.05. The molecule has 0 aromatic carbocycles. The summed E-state index contributed by atoms with van der Waals surface area (Å²) in [6.07, 6.45) is 1.91. The van der Waals surface area contributed by atoms with Crippen LogP contribution in [0.5, 0.6) is 0 Å². The van der Waals surface area contributed by atoms with Gasteiger partial charge in [-0.15, -0.1) is 0 Å². The Morgan fingerprint density at radius 3 is 2.73 bits per heavy atom. The zero-order valence-corrected chi connectivity index (χ0v) is 12.7. The smallest absolute Gasteiger partial charge is 0.331 e. The largest absolute Gasteiger partial charge is 0.337 e. The van der Waals surface area contributed by atoms with Crippen molar-refractivity contribution in [2.45, 2.75) is 40.3 Å². The van der Waals surface area contributed by atoms with Crippen LogP contribution in [0, 0.1) is 17.2 Å². The number of nitrogens with zero attached hydrogens (tertiary/aromatic N) is 5. The number of aryl methyl sites for hydroxylation is 1. The summed E-state index contributed by atoms with van der Waals surface area (Å²) in [5, 5.41) is 12.8. The molecule has 0 saturated heterocycles. The highest BCUT2D eigenvalue weighted by molar-refractivity contribution is 5.22. The Hall–Kier alpha value is -2.69. The Morgan fingerprint density at radius 2 is 2.14 bits per heavy atom. The summed E-state index contributed by atoms with van der Waals surface area (Å²) in [6, 6.07) is 1.79. The van der Waals surface area contributed by atoms with Gasteiger partial charge in [0.1, 0.15) is 18.2 Å². The molecular formula is C14H17N5O3. The van der Waals surface area contributed by atoms with E-state index in [9.17, 15) is 9.59 Å². The lowest BCUT2D eigenvalue weighted by molar-refractivity contribution is 0.359. The molecule has 0 atom stereocenters. The lowest BCUT2D eigenvalue weighted by Gasteiger charge is -2.07. The Balaban J connectivity index is 2.41. The number of aromatic nitrogens is 4. The second kappa shape index (κ2) is 6.39. The molecule has 0 bridgehead atoms. The summed E-state index contributed by atoms with van der Waals surface area (Å²) in [4.78, 5) is 28.5. The van der Waals surface area contributed by atoms with Crippen molar-refractivity contribution in [2.75, 3.05) is 0 Å². The summed E-state index contributed by atoms with van der Waals surface area (Å²) in [7, 11) is 0. The summed E-state index contributed by atoms with van der Waals surface area (Å²) in [5.74, 6) is 1.07. The summed E-state index contributed by atoms with van der Waals surface area (Å²) in [5.41, 5.74) is -1.25. The molecule has 0 aliphatic carbocycles. The quantitative estimate of drug-likeness (QED) is 0.797. The van der Waals surface area contributed by atoms with Gasteiger partial charge in [0.05, 0.1) is 0 Å². The Bertz CT molecular complexity index is 822. The van der Waals surface area contributed by atoms with Crippen LogP contribution < -0.4 is 11.2 Å². The molecule has 0 aliphatic rings. The van der Waals surface area contributed by atoms with Gasteiger partial charge in [-0.3, -0.25) is 9.36 Å². The van der Waals surface area contributed by atoms with Gasteiger partial charge < -0.3 is 4.52 Å². The highest BCUT2D eigenvalue weighted by Gasteiger charge is 2.15. The van der Waals surface area contributed by atoms with Gasteiger partial charge in [-0.1, -0.05) is 19.0 Å². The van der Waals surface area contributed by atoms with E-state index in [1.165, 1.54) is 10.8 Å². The van der Waals surface area contributed by atoms with E-state index in [1.807, 2.05) is 13.8 Å². The van der Waals surface area contributed by atoms with Crippen LogP contribution in [0.15, 0.2) is 20.3 Å². The number of rotatable bonds is 5. The summed E-state index contributed by atoms with van der Waals surface area (Å²) < 4.78 is 7.31. The molecule has 0 fully saturated rings. The zero-order valence-electron chi connectivity index (χ0n) is 12.7. The van der Waals surface area contributed by atoms with Crippen molar-refractivity contribution in [1.82, 2.24) is 19.3 Å². The third-order valence-corrected chi connectivity index (χ3v) is 3.09. The van der Waals surface area contributed by atoms with Crippen LogP contribution in [0.1, 0.15) is 38.0 Å². The predicted molar refractivity (Wildman–Crippen MR) is 77.3 cm³/mol. The van der Waals surface area contributed by atoms with Gasteiger partial charge in [-0.2, -0.15) is 10.2 Å². The van der Waals surface area contributed by atoms with Crippen molar-refractivity contribution < 1.29 is 4.52 Å². The zero-order chi connectivity index (χ0) is 16.3. The first-order chi connectivity index (χ1) is 10.5. The third-order valence-electron chi connectivity index (χ3n) is 3.09. The fourth-order valence-electron chi connectivity index (χ4n) is 2.03. The molecule has 8 nitrogen and oxygen atoms in total. The van der Waals surface area contributed by atoms with E-state index in [1.54, 1.807) is 13.0 Å². The third kappa shape index (κ3) is 3.14. The van der Waals surface area contributed by atoms with Crippen molar-refractivity contribution >= 4 is 0 Å². The standard InChI is InChI=1S/C14H17N5O3/c1-4-18-7-10(6-15)13(20)19(14(18)21)8-12-16-11(17-22-12)5-9(2)3/h7,9H,4-5,8H2,1-3H3. The molecule has 8 heteroatoms. The number of hydrogen-bond donors (Lipinski definition) is 0. The average molecular weight is 303 g/mol. The van der Waals surface area contributed by atoms with Gasteiger partial charge >= 0.3 is 5.69 Å². The molecule has 0 radical (unpaired) electrons. The Morgan fingerprint density at radius 1 is 1.41 bits per heavy atom. The molecule has 0 spiro atoms. The molecule has 2 rings (SSSR count). The highest BCUT2D eigenvalue weighted by atomic mass is 16.5. The van der Waals surface area contributed by atoms with Gasteiger partial charge in [-0.25, -0.2) is 9.36 Å². The van der Waals surface area contributed by atoms with Gasteiger partial charge in [-0.05, 0) is 12.8 Å². The van der Waals surface area contributed by atoms with E-state index < -0.39 is 11.2 Å².